The summed E-state index contributed by atoms with van der Waals surface area (Å²) in [4.78, 5) is 10.5. The van der Waals surface area contributed by atoms with Crippen LogP contribution in [0.25, 0.3) is 0 Å². The van der Waals surface area contributed by atoms with Gasteiger partial charge in [-0.15, -0.1) is 0 Å². The van der Waals surface area contributed by atoms with Crippen LogP contribution >= 0.6 is 0 Å². The highest BCUT2D eigenvalue weighted by atomic mass is 16.1. The molecule has 0 heterocycles. The maximum absolute atomic E-state index is 10.5. The van der Waals surface area contributed by atoms with Gasteiger partial charge in [-0.25, -0.2) is 0 Å². The third kappa shape index (κ3) is 1.90. The maximum Gasteiger partial charge on any atom is 0.221 e. The third-order valence-electron chi connectivity index (χ3n) is 1.04. The number of para-hydroxylation sites is 1. The molecule has 0 aromatic heterocycles. The molecule has 1 aromatic rings. The van der Waals surface area contributed by atoms with Crippen LogP contribution in [0.15, 0.2) is 30.3 Å². The van der Waals surface area contributed by atoms with Gasteiger partial charge in [0.1, 0.15) is 0 Å². The predicted octanol–water partition coefficient (Wildman–Crippen LogP) is 1.65. The van der Waals surface area contributed by atoms with E-state index in [1.54, 1.807) is 24.3 Å². The zero-order valence-electron chi connectivity index (χ0n) is 6.72. The molecule has 52 valence electrons. The second-order valence-corrected chi connectivity index (χ2v) is 1.97. The first-order valence-electron chi connectivity index (χ1n) is 3.53. The van der Waals surface area contributed by atoms with E-state index in [0.717, 1.165) is 5.69 Å². The van der Waals surface area contributed by atoms with Crippen LogP contribution in [0.5, 0.6) is 0 Å². The highest BCUT2D eigenvalue weighted by Gasteiger charge is 1.90. The molecule has 0 spiro atoms. The van der Waals surface area contributed by atoms with Gasteiger partial charge in [-0.05, 0) is 12.1 Å². The number of anilines is 1. The van der Waals surface area contributed by atoms with Crippen molar-refractivity contribution < 1.29 is 6.17 Å². The zero-order chi connectivity index (χ0) is 8.27. The van der Waals surface area contributed by atoms with Crippen molar-refractivity contribution in [3.8, 4) is 0 Å². The minimum atomic E-state index is -0.0947. The van der Waals surface area contributed by atoms with Gasteiger partial charge in [0.15, 0.2) is 0 Å². The number of benzene rings is 1. The molecule has 1 rings (SSSR count). The summed E-state index contributed by atoms with van der Waals surface area (Å²) in [5.41, 5.74) is 0.730. The van der Waals surface area contributed by atoms with E-state index >= 15 is 0 Å². The molecule has 0 bridgehead atoms. The summed E-state index contributed by atoms with van der Waals surface area (Å²) in [7, 11) is 0. The van der Waals surface area contributed by atoms with Gasteiger partial charge in [0.25, 0.3) is 0 Å². The molecular weight excluding hydrogens is 126 g/mol. The van der Waals surface area contributed by atoms with Gasteiger partial charge in [-0.2, -0.15) is 0 Å². The Labute approximate surface area is 61.3 Å². The van der Waals surface area contributed by atoms with Crippen molar-refractivity contribution in [3.63, 3.8) is 0 Å². The Kier molecular flexibility index (Phi) is 1.65. The minimum Gasteiger partial charge on any atom is -0.326 e. The van der Waals surface area contributed by atoms with Crippen LogP contribution in [0.3, 0.4) is 0 Å². The molecule has 0 radical (unpaired) electrons. The number of hydrogen-bond donors (Lipinski definition) is 1. The van der Waals surface area contributed by atoms with Crippen LogP contribution < -0.4 is 5.32 Å². The van der Waals surface area contributed by atoms with E-state index in [-0.39, 0.29) is 5.91 Å². The van der Waals surface area contributed by atoms with E-state index in [1.165, 1.54) is 6.92 Å². The van der Waals surface area contributed by atoms with Gasteiger partial charge in [-0.3, -0.25) is 4.79 Å². The summed E-state index contributed by atoms with van der Waals surface area (Å²) < 4.78 is 7.16. The van der Waals surface area contributed by atoms with Crippen molar-refractivity contribution >= 4 is 11.6 Å². The summed E-state index contributed by atoms with van der Waals surface area (Å²) >= 11 is 0. The molecule has 1 N–H and O–H groups in total. The van der Waals surface area contributed by atoms with Crippen LogP contribution in [-0.2, 0) is 4.79 Å². The number of hydrogen-bond acceptors (Lipinski definition) is 1. The van der Waals surface area contributed by atoms with Gasteiger partial charge in [0, 0.05) is 12.6 Å². The zero-order valence-corrected chi connectivity index (χ0v) is 5.72. The fourth-order valence-electron chi connectivity index (χ4n) is 0.673. The Morgan fingerprint density at radius 2 is 2.20 bits per heavy atom. The summed E-state index contributed by atoms with van der Waals surface area (Å²) in [6, 6.07) is 7.10. The molecule has 0 saturated carbocycles. The monoisotopic (exact) mass is 137 g/mol. The molecule has 0 unspecified atom stereocenters. The molecule has 1 aromatic carbocycles. The Balaban J connectivity index is 2.74. The van der Waals surface area contributed by atoms with Crippen molar-refractivity contribution in [3.05, 3.63) is 30.3 Å². The van der Waals surface area contributed by atoms with Crippen molar-refractivity contribution in [1.29, 1.82) is 0 Å². The van der Waals surface area contributed by atoms with Gasteiger partial charge in [-0.1, -0.05) is 18.2 Å². The highest BCUT2D eigenvalue weighted by Crippen LogP contribution is 2.03. The number of carbonyl (C=O) groups is 1. The molecule has 0 atom stereocenters. The van der Waals surface area contributed by atoms with E-state index in [9.17, 15) is 4.79 Å². The standard InChI is InChI=1S/C8H9NO/c1-7(10)9-8-5-3-2-4-6-8/h2-6H,1H3,(H,9,10)/i2T. The summed E-state index contributed by atoms with van der Waals surface area (Å²) in [6.07, 6.45) is 0. The quantitative estimate of drug-likeness (QED) is 0.626. The van der Waals surface area contributed by atoms with Crippen LogP contribution in [0, 0.1) is 0 Å². The van der Waals surface area contributed by atoms with Gasteiger partial charge in [0.2, 0.25) is 5.91 Å². The van der Waals surface area contributed by atoms with Gasteiger partial charge >= 0.3 is 0 Å². The van der Waals surface area contributed by atoms with Gasteiger partial charge < -0.3 is 5.32 Å². The Morgan fingerprint density at radius 3 is 2.70 bits per heavy atom. The summed E-state index contributed by atoms with van der Waals surface area (Å²) in [6.45, 7) is 1.45. The minimum absolute atomic E-state index is 0.0947. The van der Waals surface area contributed by atoms with E-state index in [4.69, 9.17) is 1.37 Å². The summed E-state index contributed by atoms with van der Waals surface area (Å²) in [5.74, 6) is -0.0947. The molecule has 2 nitrogen and oxygen atoms in total. The number of rotatable bonds is 1. The number of carbonyl (C=O) groups excluding carboxylic acids is 1. The lowest BCUT2D eigenvalue weighted by Gasteiger charge is -1.98. The lowest BCUT2D eigenvalue weighted by atomic mass is 10.3. The SMILES string of the molecule is [3H]c1ccc(NC(C)=O)cc1. The van der Waals surface area contributed by atoms with E-state index in [0.29, 0.717) is 6.04 Å². The first-order valence-corrected chi connectivity index (χ1v) is 3.03. The topological polar surface area (TPSA) is 29.1 Å². The second kappa shape index (κ2) is 3.01. The normalized spacial score (nSPS) is 10.3. The number of amides is 1. The average Bonchev–Trinajstić information content (AvgIpc) is 1.93. The Bertz CT molecular complexity index is 255. The average molecular weight is 137 g/mol. The fraction of sp³-hybridized carbons (Fsp3) is 0.125. The van der Waals surface area contributed by atoms with Crippen molar-refractivity contribution in [1.82, 2.24) is 0 Å². The Hall–Kier alpha value is -1.31. The number of nitrogens with one attached hydrogen (secondary N) is 1. The van der Waals surface area contributed by atoms with Crippen LogP contribution in [-0.4, -0.2) is 5.91 Å². The molecule has 0 fully saturated rings. The van der Waals surface area contributed by atoms with Crippen molar-refractivity contribution in [2.24, 2.45) is 0 Å². The largest absolute Gasteiger partial charge is 0.326 e. The lowest BCUT2D eigenvalue weighted by Crippen LogP contribution is -2.04. The first-order chi connectivity index (χ1) is 5.18. The Morgan fingerprint density at radius 1 is 1.60 bits per heavy atom. The van der Waals surface area contributed by atoms with Crippen LogP contribution in [0.2, 0.25) is 0 Å². The predicted molar refractivity (Wildman–Crippen MR) is 40.7 cm³/mol. The molecule has 1 amide bonds. The lowest BCUT2D eigenvalue weighted by molar-refractivity contribution is -0.114. The first kappa shape index (κ1) is 5.47. The van der Waals surface area contributed by atoms with Crippen LogP contribution in [0.1, 0.15) is 8.29 Å². The molecule has 0 saturated heterocycles. The molecule has 0 aliphatic carbocycles. The highest BCUT2D eigenvalue weighted by molar-refractivity contribution is 5.88. The summed E-state index contributed by atoms with van der Waals surface area (Å²) in [5, 5.41) is 2.61. The second-order valence-electron chi connectivity index (χ2n) is 1.97. The molecule has 0 aliphatic heterocycles. The molecule has 2 heteroatoms. The third-order valence-corrected chi connectivity index (χ3v) is 1.04. The van der Waals surface area contributed by atoms with E-state index < -0.39 is 0 Å². The van der Waals surface area contributed by atoms with Crippen molar-refractivity contribution in [2.45, 2.75) is 6.92 Å². The van der Waals surface area contributed by atoms with Crippen molar-refractivity contribution in [2.75, 3.05) is 5.32 Å². The smallest absolute Gasteiger partial charge is 0.221 e. The van der Waals surface area contributed by atoms with E-state index in [2.05, 4.69) is 5.32 Å². The van der Waals surface area contributed by atoms with E-state index in [1.807, 2.05) is 0 Å². The molecule has 0 aliphatic rings. The fourth-order valence-corrected chi connectivity index (χ4v) is 0.673. The van der Waals surface area contributed by atoms with Gasteiger partial charge in [0.05, 0.1) is 1.37 Å². The maximum atomic E-state index is 10.5. The van der Waals surface area contributed by atoms with Crippen LogP contribution in [0.4, 0.5) is 5.69 Å². The molecular formula is C8H9NO. The molecule has 10 heavy (non-hydrogen) atoms.